The number of halogens is 2. The van der Waals surface area contributed by atoms with Gasteiger partial charge in [-0.05, 0) is 19.3 Å². The number of rotatable bonds is 5. The van der Waals surface area contributed by atoms with Crippen LogP contribution >= 0.6 is 35.6 Å². The molecule has 0 bridgehead atoms. The van der Waals surface area contributed by atoms with E-state index >= 15 is 0 Å². The SMILES string of the molecule is C=C(Cl)CN=C(NCC)N1CCN(CC2CCOC2)CC1.I. The molecule has 0 aromatic heterocycles. The van der Waals surface area contributed by atoms with Crippen LogP contribution < -0.4 is 5.32 Å². The maximum atomic E-state index is 5.81. The molecule has 5 nitrogen and oxygen atoms in total. The van der Waals surface area contributed by atoms with Crippen molar-refractivity contribution in [2.45, 2.75) is 13.3 Å². The van der Waals surface area contributed by atoms with E-state index in [1.807, 2.05) is 0 Å². The molecule has 2 rings (SSSR count). The summed E-state index contributed by atoms with van der Waals surface area (Å²) in [5.74, 6) is 1.67. The summed E-state index contributed by atoms with van der Waals surface area (Å²) >= 11 is 5.81. The number of aliphatic imine (C=N–C) groups is 1. The molecule has 0 amide bonds. The van der Waals surface area contributed by atoms with Crippen LogP contribution in [-0.4, -0.2) is 74.8 Å². The van der Waals surface area contributed by atoms with Crippen LogP contribution in [0.3, 0.4) is 0 Å². The molecule has 1 unspecified atom stereocenters. The highest BCUT2D eigenvalue weighted by molar-refractivity contribution is 14.0. The van der Waals surface area contributed by atoms with E-state index in [-0.39, 0.29) is 24.0 Å². The number of ether oxygens (including phenoxy) is 1. The Bertz CT molecular complexity index is 367. The van der Waals surface area contributed by atoms with E-state index in [0.29, 0.717) is 11.6 Å². The third-order valence-corrected chi connectivity index (χ3v) is 4.07. The van der Waals surface area contributed by atoms with Crippen LogP contribution in [0.5, 0.6) is 0 Å². The smallest absolute Gasteiger partial charge is 0.194 e. The predicted molar refractivity (Wildman–Crippen MR) is 103 cm³/mol. The largest absolute Gasteiger partial charge is 0.381 e. The van der Waals surface area contributed by atoms with Crippen molar-refractivity contribution >= 4 is 41.5 Å². The molecule has 1 N–H and O–H groups in total. The molecule has 2 saturated heterocycles. The molecule has 2 fully saturated rings. The highest BCUT2D eigenvalue weighted by Gasteiger charge is 2.23. The molecule has 7 heteroatoms. The molecule has 2 aliphatic heterocycles. The summed E-state index contributed by atoms with van der Waals surface area (Å²) in [7, 11) is 0. The van der Waals surface area contributed by atoms with Crippen molar-refractivity contribution < 1.29 is 4.74 Å². The van der Waals surface area contributed by atoms with E-state index < -0.39 is 0 Å². The zero-order valence-corrected chi connectivity index (χ0v) is 16.5. The predicted octanol–water partition coefficient (Wildman–Crippen LogP) is 1.98. The zero-order valence-electron chi connectivity index (χ0n) is 13.4. The lowest BCUT2D eigenvalue weighted by Gasteiger charge is -2.37. The third kappa shape index (κ3) is 6.60. The van der Waals surface area contributed by atoms with Crippen molar-refractivity contribution in [1.82, 2.24) is 15.1 Å². The first-order valence-corrected chi connectivity index (χ1v) is 8.23. The van der Waals surface area contributed by atoms with Gasteiger partial charge in [-0.25, -0.2) is 4.99 Å². The van der Waals surface area contributed by atoms with Gasteiger partial charge in [0.1, 0.15) is 0 Å². The van der Waals surface area contributed by atoms with Crippen molar-refractivity contribution in [1.29, 1.82) is 0 Å². The second kappa shape index (κ2) is 10.7. The van der Waals surface area contributed by atoms with Crippen LogP contribution in [0.2, 0.25) is 0 Å². The average molecular weight is 443 g/mol. The van der Waals surface area contributed by atoms with E-state index in [9.17, 15) is 0 Å². The molecule has 2 aliphatic rings. The Morgan fingerprint density at radius 3 is 2.64 bits per heavy atom. The van der Waals surface area contributed by atoms with Gasteiger partial charge in [-0.1, -0.05) is 18.2 Å². The van der Waals surface area contributed by atoms with Crippen LogP contribution in [0.15, 0.2) is 16.6 Å². The number of nitrogens with one attached hydrogen (secondary N) is 1. The highest BCUT2D eigenvalue weighted by Crippen LogP contribution is 2.15. The van der Waals surface area contributed by atoms with Crippen molar-refractivity contribution in [3.05, 3.63) is 11.6 Å². The zero-order chi connectivity index (χ0) is 15.1. The standard InChI is InChI=1S/C15H27ClN4O.HI/c1-3-17-15(18-10-13(2)16)20-7-5-19(6-8-20)11-14-4-9-21-12-14;/h14H,2-12H2,1H3,(H,17,18);1H. The fourth-order valence-corrected chi connectivity index (χ4v) is 2.88. The normalized spacial score (nSPS) is 23.3. The van der Waals surface area contributed by atoms with Gasteiger partial charge in [0, 0.05) is 50.9 Å². The minimum Gasteiger partial charge on any atom is -0.381 e. The molecular weight excluding hydrogens is 415 g/mol. The molecule has 22 heavy (non-hydrogen) atoms. The lowest BCUT2D eigenvalue weighted by Crippen LogP contribution is -2.53. The van der Waals surface area contributed by atoms with Crippen molar-refractivity contribution in [2.75, 3.05) is 59.0 Å². The molecule has 0 aromatic rings. The Hall–Kier alpha value is -0.0500. The van der Waals surface area contributed by atoms with Gasteiger partial charge < -0.3 is 15.0 Å². The Labute approximate surface area is 156 Å². The van der Waals surface area contributed by atoms with Crippen LogP contribution in [0.4, 0.5) is 0 Å². The van der Waals surface area contributed by atoms with Crippen LogP contribution in [0.1, 0.15) is 13.3 Å². The van der Waals surface area contributed by atoms with E-state index in [0.717, 1.165) is 57.8 Å². The van der Waals surface area contributed by atoms with Gasteiger partial charge in [0.05, 0.1) is 13.2 Å². The van der Waals surface area contributed by atoms with Gasteiger partial charge in [0.15, 0.2) is 5.96 Å². The maximum absolute atomic E-state index is 5.81. The lowest BCUT2D eigenvalue weighted by molar-refractivity contribution is 0.139. The summed E-state index contributed by atoms with van der Waals surface area (Å²) in [4.78, 5) is 9.38. The number of guanidine groups is 1. The van der Waals surface area contributed by atoms with Crippen LogP contribution in [-0.2, 0) is 4.74 Å². The van der Waals surface area contributed by atoms with Gasteiger partial charge in [-0.15, -0.1) is 24.0 Å². The van der Waals surface area contributed by atoms with Gasteiger partial charge in [-0.2, -0.15) is 0 Å². The van der Waals surface area contributed by atoms with Crippen LogP contribution in [0, 0.1) is 5.92 Å². The Balaban J connectivity index is 0.00000242. The minimum absolute atomic E-state index is 0. The summed E-state index contributed by atoms with van der Waals surface area (Å²) in [6.07, 6.45) is 1.21. The summed E-state index contributed by atoms with van der Waals surface area (Å²) < 4.78 is 5.46. The number of piperazine rings is 1. The number of hydrogen-bond acceptors (Lipinski definition) is 3. The molecule has 128 valence electrons. The van der Waals surface area contributed by atoms with Crippen molar-refractivity contribution in [3.8, 4) is 0 Å². The summed E-state index contributed by atoms with van der Waals surface area (Å²) in [5, 5.41) is 3.91. The number of nitrogens with zero attached hydrogens (tertiary/aromatic N) is 3. The van der Waals surface area contributed by atoms with Gasteiger partial charge >= 0.3 is 0 Å². The monoisotopic (exact) mass is 442 g/mol. The van der Waals surface area contributed by atoms with Gasteiger partial charge in [0.2, 0.25) is 0 Å². The molecular formula is C15H28ClIN4O. The average Bonchev–Trinajstić information content (AvgIpc) is 2.97. The van der Waals surface area contributed by atoms with E-state index in [2.05, 4.69) is 33.6 Å². The maximum Gasteiger partial charge on any atom is 0.194 e. The first kappa shape index (κ1) is 20.0. The first-order chi connectivity index (χ1) is 10.2. The van der Waals surface area contributed by atoms with Crippen LogP contribution in [0.25, 0.3) is 0 Å². The fraction of sp³-hybridized carbons (Fsp3) is 0.800. The molecule has 0 aromatic carbocycles. The Morgan fingerprint density at radius 2 is 2.09 bits per heavy atom. The first-order valence-electron chi connectivity index (χ1n) is 7.85. The van der Waals surface area contributed by atoms with Crippen molar-refractivity contribution in [3.63, 3.8) is 0 Å². The van der Waals surface area contributed by atoms with Gasteiger partial charge in [0.25, 0.3) is 0 Å². The number of hydrogen-bond donors (Lipinski definition) is 1. The third-order valence-electron chi connectivity index (χ3n) is 3.95. The summed E-state index contributed by atoms with van der Waals surface area (Å²) in [6, 6.07) is 0. The second-order valence-electron chi connectivity index (χ2n) is 5.70. The molecule has 1 atom stereocenters. The Kier molecular flexibility index (Phi) is 9.70. The summed E-state index contributed by atoms with van der Waals surface area (Å²) in [6.45, 7) is 14.3. The fourth-order valence-electron chi connectivity index (χ4n) is 2.82. The quantitative estimate of drug-likeness (QED) is 0.401. The molecule has 2 heterocycles. The molecule has 0 spiro atoms. The van der Waals surface area contributed by atoms with E-state index in [1.54, 1.807) is 0 Å². The lowest BCUT2D eigenvalue weighted by atomic mass is 10.1. The second-order valence-corrected chi connectivity index (χ2v) is 6.24. The van der Waals surface area contributed by atoms with Gasteiger partial charge in [-0.3, -0.25) is 4.90 Å². The molecule has 0 aliphatic carbocycles. The topological polar surface area (TPSA) is 40.1 Å². The van der Waals surface area contributed by atoms with E-state index in [4.69, 9.17) is 16.3 Å². The van der Waals surface area contributed by atoms with Crippen molar-refractivity contribution in [2.24, 2.45) is 10.9 Å². The highest BCUT2D eigenvalue weighted by atomic mass is 127. The minimum atomic E-state index is 0. The summed E-state index contributed by atoms with van der Waals surface area (Å²) in [5.41, 5.74) is 0. The van der Waals surface area contributed by atoms with E-state index in [1.165, 1.54) is 13.0 Å². The molecule has 0 saturated carbocycles. The molecule has 0 radical (unpaired) electrons. The Morgan fingerprint density at radius 1 is 1.36 bits per heavy atom.